The summed E-state index contributed by atoms with van der Waals surface area (Å²) in [5, 5.41) is 0.953. The third kappa shape index (κ3) is 0.852. The second-order valence-electron chi connectivity index (χ2n) is 2.43. The normalized spacial score (nSPS) is 10.6. The highest BCUT2D eigenvalue weighted by Crippen LogP contribution is 2.14. The second kappa shape index (κ2) is 1.99. The van der Waals surface area contributed by atoms with Crippen molar-refractivity contribution in [3.63, 3.8) is 0 Å². The van der Waals surface area contributed by atoms with Gasteiger partial charge in [0.2, 0.25) is 0 Å². The molecule has 3 heteroatoms. The van der Waals surface area contributed by atoms with Crippen LogP contribution in [-0.2, 0) is 0 Å². The summed E-state index contributed by atoms with van der Waals surface area (Å²) in [4.78, 5) is 0. The van der Waals surface area contributed by atoms with Crippen LogP contribution in [0.5, 0.6) is 0 Å². The van der Waals surface area contributed by atoms with Gasteiger partial charge in [-0.25, -0.2) is 4.39 Å². The molecule has 0 atom stereocenters. The van der Waals surface area contributed by atoms with Crippen LogP contribution < -0.4 is 5.84 Å². The quantitative estimate of drug-likeness (QED) is 0.567. The molecular formula is C8H7FN2. The fourth-order valence-electron chi connectivity index (χ4n) is 1.12. The Hall–Kier alpha value is -1.51. The third-order valence-electron chi connectivity index (χ3n) is 1.69. The Labute approximate surface area is 63.0 Å². The Morgan fingerprint density at radius 3 is 2.91 bits per heavy atom. The summed E-state index contributed by atoms with van der Waals surface area (Å²) >= 11 is 0. The van der Waals surface area contributed by atoms with Crippen LogP contribution in [0.1, 0.15) is 0 Å². The van der Waals surface area contributed by atoms with Crippen molar-refractivity contribution in [2.75, 3.05) is 5.84 Å². The number of benzene rings is 1. The summed E-state index contributed by atoms with van der Waals surface area (Å²) in [5.41, 5.74) is 0.713. The number of nitrogens with zero attached hydrogens (tertiary/aromatic N) is 1. The number of nitrogens with two attached hydrogens (primary N) is 1. The molecule has 0 unspecified atom stereocenters. The van der Waals surface area contributed by atoms with Gasteiger partial charge in [0.25, 0.3) is 0 Å². The number of aromatic nitrogens is 1. The standard InChI is InChI=1S/C8H7FN2/c9-7-2-1-6-3-4-11(10)8(6)5-7/h1-5H,10H2. The van der Waals surface area contributed by atoms with E-state index in [0.29, 0.717) is 5.52 Å². The smallest absolute Gasteiger partial charge is 0.125 e. The predicted molar refractivity (Wildman–Crippen MR) is 42.0 cm³/mol. The van der Waals surface area contributed by atoms with Crippen molar-refractivity contribution >= 4 is 10.9 Å². The zero-order valence-corrected chi connectivity index (χ0v) is 5.79. The fraction of sp³-hybridized carbons (Fsp3) is 0. The Balaban J connectivity index is 2.87. The van der Waals surface area contributed by atoms with Gasteiger partial charge in [-0.1, -0.05) is 0 Å². The van der Waals surface area contributed by atoms with Crippen LogP contribution >= 0.6 is 0 Å². The van der Waals surface area contributed by atoms with Crippen molar-refractivity contribution in [1.82, 2.24) is 4.68 Å². The predicted octanol–water partition coefficient (Wildman–Crippen LogP) is 1.49. The van der Waals surface area contributed by atoms with Crippen LogP contribution in [0, 0.1) is 5.82 Å². The van der Waals surface area contributed by atoms with E-state index in [2.05, 4.69) is 0 Å². The van der Waals surface area contributed by atoms with E-state index in [1.165, 1.54) is 16.8 Å². The van der Waals surface area contributed by atoms with E-state index in [9.17, 15) is 4.39 Å². The summed E-state index contributed by atoms with van der Waals surface area (Å²) in [6.45, 7) is 0. The molecule has 1 aromatic carbocycles. The number of hydrogen-bond acceptors (Lipinski definition) is 1. The first-order chi connectivity index (χ1) is 5.27. The third-order valence-corrected chi connectivity index (χ3v) is 1.69. The first kappa shape index (κ1) is 6.22. The molecule has 0 radical (unpaired) electrons. The summed E-state index contributed by atoms with van der Waals surface area (Å²) in [5.74, 6) is 5.23. The van der Waals surface area contributed by atoms with Crippen LogP contribution in [0.4, 0.5) is 4.39 Å². The van der Waals surface area contributed by atoms with E-state index in [4.69, 9.17) is 5.84 Å². The number of rotatable bonds is 0. The lowest BCUT2D eigenvalue weighted by Crippen LogP contribution is -2.04. The zero-order chi connectivity index (χ0) is 7.84. The Bertz CT molecular complexity index is 392. The molecule has 0 aliphatic carbocycles. The first-order valence-electron chi connectivity index (χ1n) is 3.29. The molecule has 2 aromatic rings. The fourth-order valence-corrected chi connectivity index (χ4v) is 1.12. The van der Waals surface area contributed by atoms with E-state index in [-0.39, 0.29) is 5.82 Å². The van der Waals surface area contributed by atoms with E-state index in [1.807, 2.05) is 6.07 Å². The average Bonchev–Trinajstić information content (AvgIpc) is 2.33. The Kier molecular flexibility index (Phi) is 1.12. The maximum absolute atomic E-state index is 12.6. The van der Waals surface area contributed by atoms with Gasteiger partial charge in [-0.05, 0) is 18.2 Å². The zero-order valence-electron chi connectivity index (χ0n) is 5.79. The maximum Gasteiger partial charge on any atom is 0.125 e. The van der Waals surface area contributed by atoms with Crippen molar-refractivity contribution in [3.05, 3.63) is 36.3 Å². The lowest BCUT2D eigenvalue weighted by Gasteiger charge is -1.94. The molecule has 0 saturated carbocycles. The Morgan fingerprint density at radius 2 is 2.09 bits per heavy atom. The molecule has 0 aliphatic heterocycles. The van der Waals surface area contributed by atoms with Gasteiger partial charge in [-0.3, -0.25) is 4.68 Å². The van der Waals surface area contributed by atoms with Crippen LogP contribution in [0.15, 0.2) is 30.5 Å². The molecule has 2 N–H and O–H groups in total. The lowest BCUT2D eigenvalue weighted by atomic mass is 10.2. The molecule has 11 heavy (non-hydrogen) atoms. The molecule has 0 aliphatic rings. The second-order valence-corrected chi connectivity index (χ2v) is 2.43. The molecular weight excluding hydrogens is 143 g/mol. The number of hydrogen-bond donors (Lipinski definition) is 1. The minimum Gasteiger partial charge on any atom is -0.339 e. The highest BCUT2D eigenvalue weighted by molar-refractivity contribution is 5.80. The summed E-state index contributed by atoms with van der Waals surface area (Å²) in [6.07, 6.45) is 1.70. The molecule has 0 fully saturated rings. The summed E-state index contributed by atoms with van der Waals surface area (Å²) in [7, 11) is 0. The Morgan fingerprint density at radius 1 is 1.27 bits per heavy atom. The van der Waals surface area contributed by atoms with E-state index < -0.39 is 0 Å². The van der Waals surface area contributed by atoms with Crippen molar-refractivity contribution in [2.45, 2.75) is 0 Å². The highest BCUT2D eigenvalue weighted by atomic mass is 19.1. The first-order valence-corrected chi connectivity index (χ1v) is 3.29. The van der Waals surface area contributed by atoms with Gasteiger partial charge in [0.05, 0.1) is 5.52 Å². The molecule has 0 amide bonds. The van der Waals surface area contributed by atoms with Gasteiger partial charge < -0.3 is 5.84 Å². The molecule has 0 saturated heterocycles. The van der Waals surface area contributed by atoms with Crippen LogP contribution in [-0.4, -0.2) is 4.68 Å². The maximum atomic E-state index is 12.6. The van der Waals surface area contributed by atoms with Gasteiger partial charge in [-0.15, -0.1) is 0 Å². The number of fused-ring (bicyclic) bond motifs is 1. The van der Waals surface area contributed by atoms with Crippen molar-refractivity contribution in [1.29, 1.82) is 0 Å². The van der Waals surface area contributed by atoms with Gasteiger partial charge >= 0.3 is 0 Å². The van der Waals surface area contributed by atoms with Crippen LogP contribution in [0.25, 0.3) is 10.9 Å². The van der Waals surface area contributed by atoms with E-state index in [1.54, 1.807) is 12.3 Å². The SMILES string of the molecule is Nn1ccc2ccc(F)cc21. The average molecular weight is 150 g/mol. The molecule has 56 valence electrons. The molecule has 0 spiro atoms. The summed E-state index contributed by atoms with van der Waals surface area (Å²) in [6, 6.07) is 6.38. The molecule has 2 rings (SSSR count). The van der Waals surface area contributed by atoms with Crippen LogP contribution in [0.3, 0.4) is 0 Å². The highest BCUT2D eigenvalue weighted by Gasteiger charge is 1.98. The van der Waals surface area contributed by atoms with E-state index in [0.717, 1.165) is 5.39 Å². The minimum atomic E-state index is -0.261. The molecule has 1 heterocycles. The monoisotopic (exact) mass is 150 g/mol. The van der Waals surface area contributed by atoms with Crippen molar-refractivity contribution in [3.8, 4) is 0 Å². The van der Waals surface area contributed by atoms with Gasteiger partial charge in [0.1, 0.15) is 5.82 Å². The van der Waals surface area contributed by atoms with E-state index >= 15 is 0 Å². The summed E-state index contributed by atoms with van der Waals surface area (Å²) < 4.78 is 14.0. The minimum absolute atomic E-state index is 0.261. The van der Waals surface area contributed by atoms with Crippen molar-refractivity contribution in [2.24, 2.45) is 0 Å². The number of halogens is 1. The van der Waals surface area contributed by atoms with Gasteiger partial charge in [-0.2, -0.15) is 0 Å². The van der Waals surface area contributed by atoms with Crippen LogP contribution in [0.2, 0.25) is 0 Å². The topological polar surface area (TPSA) is 30.9 Å². The van der Waals surface area contributed by atoms with Crippen molar-refractivity contribution < 1.29 is 4.39 Å². The molecule has 2 nitrogen and oxygen atoms in total. The molecule has 1 aromatic heterocycles. The van der Waals surface area contributed by atoms with Gasteiger partial charge in [0, 0.05) is 17.6 Å². The largest absolute Gasteiger partial charge is 0.339 e. The van der Waals surface area contributed by atoms with Gasteiger partial charge in [0.15, 0.2) is 0 Å². The molecule has 0 bridgehead atoms. The lowest BCUT2D eigenvalue weighted by molar-refractivity contribution is 0.629. The number of nitrogen functional groups attached to an aromatic ring is 1.